The number of benzene rings is 2. The number of methoxy groups -OCH3 is 1. The summed E-state index contributed by atoms with van der Waals surface area (Å²) in [5.41, 5.74) is 3.31. The van der Waals surface area contributed by atoms with Gasteiger partial charge in [-0.05, 0) is 17.6 Å². The van der Waals surface area contributed by atoms with Crippen LogP contribution < -0.4 is 0 Å². The Morgan fingerprint density at radius 1 is 1.04 bits per heavy atom. The molecule has 0 unspecified atom stereocenters. The van der Waals surface area contributed by atoms with E-state index < -0.39 is 11.9 Å². The van der Waals surface area contributed by atoms with Gasteiger partial charge in [-0.2, -0.15) is 0 Å². The van der Waals surface area contributed by atoms with E-state index in [4.69, 9.17) is 14.2 Å². The Morgan fingerprint density at radius 3 is 2.38 bits per heavy atom. The minimum atomic E-state index is -1.10. The Balaban J connectivity index is 1.85. The average molecular weight is 322 g/mol. The van der Waals surface area contributed by atoms with Crippen molar-refractivity contribution in [1.82, 2.24) is 0 Å². The first-order chi connectivity index (χ1) is 11.8. The van der Waals surface area contributed by atoms with Gasteiger partial charge in [-0.15, -0.1) is 0 Å². The number of ether oxygens (including phenoxy) is 3. The van der Waals surface area contributed by atoms with E-state index in [0.29, 0.717) is 18.6 Å². The summed E-state index contributed by atoms with van der Waals surface area (Å²) < 4.78 is 17.5. The van der Waals surface area contributed by atoms with Crippen molar-refractivity contribution < 1.29 is 19.0 Å². The molecule has 2 aromatic rings. The highest BCUT2D eigenvalue weighted by atomic mass is 16.7. The van der Waals surface area contributed by atoms with Crippen LogP contribution in [0.2, 0.25) is 0 Å². The van der Waals surface area contributed by atoms with E-state index in [-0.39, 0.29) is 5.97 Å². The summed E-state index contributed by atoms with van der Waals surface area (Å²) in [4.78, 5) is 12.6. The number of esters is 1. The molecule has 122 valence electrons. The molecule has 4 nitrogen and oxygen atoms in total. The minimum absolute atomic E-state index is 0.316. The van der Waals surface area contributed by atoms with Crippen LogP contribution in [0.25, 0.3) is 5.57 Å². The van der Waals surface area contributed by atoms with Crippen LogP contribution >= 0.6 is 0 Å². The molecular weight excluding hydrogens is 304 g/mol. The molecule has 2 aromatic carbocycles. The number of carbonyl (C=O) groups is 1. The fourth-order valence-electron chi connectivity index (χ4n) is 3.55. The first-order valence-corrected chi connectivity index (χ1v) is 8.00. The molecule has 0 amide bonds. The lowest BCUT2D eigenvalue weighted by atomic mass is 9.87. The van der Waals surface area contributed by atoms with Gasteiger partial charge in [0.1, 0.15) is 0 Å². The highest BCUT2D eigenvalue weighted by Crippen LogP contribution is 2.46. The molecule has 1 saturated heterocycles. The third-order valence-electron chi connectivity index (χ3n) is 4.64. The molecular formula is C20H18O4. The predicted molar refractivity (Wildman–Crippen MR) is 88.9 cm³/mol. The van der Waals surface area contributed by atoms with Gasteiger partial charge in [0.15, 0.2) is 6.10 Å². The van der Waals surface area contributed by atoms with E-state index in [0.717, 1.165) is 16.7 Å². The lowest BCUT2D eigenvalue weighted by Crippen LogP contribution is -2.48. The molecule has 2 aliphatic heterocycles. The lowest BCUT2D eigenvalue weighted by Gasteiger charge is -2.41. The lowest BCUT2D eigenvalue weighted by molar-refractivity contribution is -0.285. The molecule has 2 heterocycles. The molecule has 2 aliphatic rings. The first-order valence-electron chi connectivity index (χ1n) is 8.00. The maximum absolute atomic E-state index is 12.6. The van der Waals surface area contributed by atoms with Crippen molar-refractivity contribution in [3.8, 4) is 0 Å². The van der Waals surface area contributed by atoms with Crippen molar-refractivity contribution in [2.45, 2.75) is 18.3 Å². The first kappa shape index (κ1) is 15.1. The van der Waals surface area contributed by atoms with Crippen LogP contribution in [0.1, 0.15) is 17.5 Å². The van der Waals surface area contributed by atoms with Gasteiger partial charge in [-0.3, -0.25) is 0 Å². The van der Waals surface area contributed by atoms with Gasteiger partial charge in [0.2, 0.25) is 5.79 Å². The van der Waals surface area contributed by atoms with Gasteiger partial charge in [-0.25, -0.2) is 4.79 Å². The molecule has 2 atom stereocenters. The summed E-state index contributed by atoms with van der Waals surface area (Å²) in [5, 5.41) is 0. The molecule has 0 aliphatic carbocycles. The van der Waals surface area contributed by atoms with E-state index in [1.165, 1.54) is 0 Å². The van der Waals surface area contributed by atoms with Gasteiger partial charge in [-0.1, -0.05) is 60.7 Å². The van der Waals surface area contributed by atoms with E-state index in [2.05, 4.69) is 0 Å². The Kier molecular flexibility index (Phi) is 3.71. The summed E-state index contributed by atoms with van der Waals surface area (Å²) in [7, 11) is 1.59. The molecule has 0 aromatic heterocycles. The van der Waals surface area contributed by atoms with Crippen LogP contribution in [0.4, 0.5) is 0 Å². The fraction of sp³-hybridized carbons (Fsp3) is 0.250. The number of carbonyl (C=O) groups excluding carboxylic acids is 1. The highest BCUT2D eigenvalue weighted by Gasteiger charge is 2.54. The normalized spacial score (nSPS) is 26.2. The van der Waals surface area contributed by atoms with E-state index in [1.54, 1.807) is 7.11 Å². The zero-order valence-electron chi connectivity index (χ0n) is 13.4. The Morgan fingerprint density at radius 2 is 1.71 bits per heavy atom. The Bertz CT molecular complexity index is 782. The minimum Gasteiger partial charge on any atom is -0.448 e. The zero-order valence-corrected chi connectivity index (χ0v) is 13.4. The van der Waals surface area contributed by atoms with Crippen molar-refractivity contribution in [2.75, 3.05) is 13.7 Å². The third kappa shape index (κ3) is 2.19. The van der Waals surface area contributed by atoms with Crippen LogP contribution in [-0.4, -0.2) is 25.8 Å². The smallest absolute Gasteiger partial charge is 0.339 e. The van der Waals surface area contributed by atoms with Crippen molar-refractivity contribution in [3.05, 3.63) is 77.4 Å². The van der Waals surface area contributed by atoms with Gasteiger partial charge in [0.25, 0.3) is 0 Å². The van der Waals surface area contributed by atoms with Gasteiger partial charge in [0, 0.05) is 12.7 Å². The molecule has 4 heteroatoms. The summed E-state index contributed by atoms with van der Waals surface area (Å²) in [6.45, 7) is 0.474. The van der Waals surface area contributed by atoms with Crippen molar-refractivity contribution in [3.63, 3.8) is 0 Å². The predicted octanol–water partition coefficient (Wildman–Crippen LogP) is 3.29. The highest BCUT2D eigenvalue weighted by molar-refractivity contribution is 6.19. The number of rotatable bonds is 3. The van der Waals surface area contributed by atoms with Crippen LogP contribution in [-0.2, 0) is 24.8 Å². The largest absolute Gasteiger partial charge is 0.448 e. The van der Waals surface area contributed by atoms with Crippen LogP contribution in [0.5, 0.6) is 0 Å². The zero-order chi connectivity index (χ0) is 16.6. The second kappa shape index (κ2) is 5.89. The number of hydrogen-bond acceptors (Lipinski definition) is 4. The van der Waals surface area contributed by atoms with Crippen molar-refractivity contribution in [2.24, 2.45) is 0 Å². The second-order valence-corrected chi connectivity index (χ2v) is 5.89. The van der Waals surface area contributed by atoms with Gasteiger partial charge < -0.3 is 14.2 Å². The standard InChI is InChI=1S/C20H18O4/c1-22-20(15-10-6-3-7-11-15)18-16(12-13-23-20)17(19(21)24-18)14-8-4-2-5-9-14/h2-11,18H,12-13H2,1H3/t18-,20+/m1/s1. The van der Waals surface area contributed by atoms with Gasteiger partial charge >= 0.3 is 5.97 Å². The molecule has 0 saturated carbocycles. The number of hydrogen-bond donors (Lipinski definition) is 0. The molecule has 1 fully saturated rings. The van der Waals surface area contributed by atoms with E-state index in [1.807, 2.05) is 60.7 Å². The molecule has 0 bridgehead atoms. The average Bonchev–Trinajstić information content (AvgIpc) is 2.99. The molecule has 0 spiro atoms. The molecule has 0 radical (unpaired) electrons. The van der Waals surface area contributed by atoms with E-state index >= 15 is 0 Å². The number of fused-ring (bicyclic) bond motifs is 1. The Labute approximate surface area is 140 Å². The monoisotopic (exact) mass is 322 g/mol. The summed E-state index contributed by atoms with van der Waals surface area (Å²) >= 11 is 0. The molecule has 0 N–H and O–H groups in total. The van der Waals surface area contributed by atoms with Crippen molar-refractivity contribution in [1.29, 1.82) is 0 Å². The maximum Gasteiger partial charge on any atom is 0.339 e. The maximum atomic E-state index is 12.6. The summed E-state index contributed by atoms with van der Waals surface area (Å²) in [6, 6.07) is 19.3. The second-order valence-electron chi connectivity index (χ2n) is 5.89. The molecule has 4 rings (SSSR count). The van der Waals surface area contributed by atoms with Gasteiger partial charge in [0.05, 0.1) is 12.2 Å². The summed E-state index contributed by atoms with van der Waals surface area (Å²) in [6.07, 6.45) is 0.0832. The SMILES string of the molecule is CO[C@@]1(c2ccccc2)OCCC2=C(c3ccccc3)C(=O)O[C@H]21. The summed E-state index contributed by atoms with van der Waals surface area (Å²) in [5.74, 6) is -1.41. The molecule has 24 heavy (non-hydrogen) atoms. The van der Waals surface area contributed by atoms with E-state index in [9.17, 15) is 4.79 Å². The van der Waals surface area contributed by atoms with Crippen LogP contribution in [0, 0.1) is 0 Å². The topological polar surface area (TPSA) is 44.8 Å². The third-order valence-corrected chi connectivity index (χ3v) is 4.64. The fourth-order valence-corrected chi connectivity index (χ4v) is 3.55. The Hall–Kier alpha value is -2.43. The quantitative estimate of drug-likeness (QED) is 0.814. The van der Waals surface area contributed by atoms with Crippen LogP contribution in [0.3, 0.4) is 0 Å². The van der Waals surface area contributed by atoms with Crippen molar-refractivity contribution >= 4 is 11.5 Å². The van der Waals surface area contributed by atoms with Crippen LogP contribution in [0.15, 0.2) is 66.2 Å².